The van der Waals surface area contributed by atoms with Crippen molar-refractivity contribution in [3.8, 4) is 5.75 Å². The summed E-state index contributed by atoms with van der Waals surface area (Å²) < 4.78 is 5.06. The molecule has 1 unspecified atom stereocenters. The predicted octanol–water partition coefficient (Wildman–Crippen LogP) is 1.16. The van der Waals surface area contributed by atoms with Crippen molar-refractivity contribution in [2.24, 2.45) is 0 Å². The number of carbonyl (C=O) groups is 2. The van der Waals surface area contributed by atoms with E-state index in [1.807, 2.05) is 0 Å². The number of methoxy groups -OCH3 is 1. The van der Waals surface area contributed by atoms with Gasteiger partial charge in [0.2, 0.25) is 0 Å². The van der Waals surface area contributed by atoms with Crippen molar-refractivity contribution in [1.82, 2.24) is 0 Å². The number of ketones is 1. The topological polar surface area (TPSA) is 83.8 Å². The van der Waals surface area contributed by atoms with Gasteiger partial charge in [0, 0.05) is 12.0 Å². The number of aliphatic carboxylic acids is 1. The Bertz CT molecular complexity index is 458. The van der Waals surface area contributed by atoms with Gasteiger partial charge in [-0.3, -0.25) is 4.79 Å². The van der Waals surface area contributed by atoms with Crippen LogP contribution in [-0.4, -0.2) is 35.0 Å². The molecule has 18 heavy (non-hydrogen) atoms. The highest BCUT2D eigenvalue weighted by molar-refractivity contribution is 6.27. The van der Waals surface area contributed by atoms with E-state index in [-0.39, 0.29) is 23.6 Å². The van der Waals surface area contributed by atoms with Gasteiger partial charge >= 0.3 is 5.97 Å². The number of carboxylic acids is 1. The molecule has 0 heterocycles. The summed E-state index contributed by atoms with van der Waals surface area (Å²) >= 11 is 5.41. The van der Waals surface area contributed by atoms with Gasteiger partial charge in [-0.15, -0.1) is 11.6 Å². The van der Waals surface area contributed by atoms with Crippen LogP contribution in [0.3, 0.4) is 0 Å². The Morgan fingerprint density at radius 2 is 2.11 bits per heavy atom. The molecule has 0 aromatic heterocycles. The first-order valence-corrected chi connectivity index (χ1v) is 5.68. The van der Waals surface area contributed by atoms with Crippen LogP contribution in [0.4, 0.5) is 0 Å². The highest BCUT2D eigenvalue weighted by Gasteiger charge is 2.18. The smallest absolute Gasteiger partial charge is 0.337 e. The lowest BCUT2D eigenvalue weighted by Gasteiger charge is -2.11. The number of carbonyl (C=O) groups excluding carboxylic acids is 1. The van der Waals surface area contributed by atoms with Crippen LogP contribution in [0.25, 0.3) is 0 Å². The predicted molar refractivity (Wildman–Crippen MR) is 65.0 cm³/mol. The third-order valence-corrected chi connectivity index (χ3v) is 2.70. The van der Waals surface area contributed by atoms with E-state index in [0.29, 0.717) is 11.3 Å². The summed E-state index contributed by atoms with van der Waals surface area (Å²) in [7, 11) is 1.40. The number of aliphatic hydroxyl groups excluding tert-OH is 1. The maximum absolute atomic E-state index is 11.2. The molecule has 1 atom stereocenters. The van der Waals surface area contributed by atoms with Crippen molar-refractivity contribution in [1.29, 1.82) is 0 Å². The lowest BCUT2D eigenvalue weighted by molar-refractivity contribution is -0.147. The number of alkyl halides is 1. The minimum Gasteiger partial charge on any atom is -0.496 e. The van der Waals surface area contributed by atoms with Gasteiger partial charge in [0.15, 0.2) is 11.9 Å². The number of rotatable bonds is 6. The van der Waals surface area contributed by atoms with Crippen LogP contribution in [0.5, 0.6) is 5.75 Å². The summed E-state index contributed by atoms with van der Waals surface area (Å²) in [5.41, 5.74) is 0.797. The summed E-state index contributed by atoms with van der Waals surface area (Å²) in [5, 5.41) is 18.1. The first kappa shape index (κ1) is 14.5. The number of carboxylic acid groups (broad SMARTS) is 1. The lowest BCUT2D eigenvalue weighted by atomic mass is 10.0. The van der Waals surface area contributed by atoms with Crippen molar-refractivity contribution in [3.63, 3.8) is 0 Å². The molecule has 0 spiro atoms. The van der Waals surface area contributed by atoms with Crippen LogP contribution < -0.4 is 4.74 Å². The number of halogens is 1. The fourth-order valence-corrected chi connectivity index (χ4v) is 1.57. The van der Waals surface area contributed by atoms with E-state index in [2.05, 4.69) is 0 Å². The zero-order chi connectivity index (χ0) is 13.7. The van der Waals surface area contributed by atoms with Crippen LogP contribution >= 0.6 is 11.6 Å². The van der Waals surface area contributed by atoms with Crippen LogP contribution in [0, 0.1) is 0 Å². The Hall–Kier alpha value is -1.59. The molecular formula is C12H13ClO5. The third kappa shape index (κ3) is 3.45. The van der Waals surface area contributed by atoms with E-state index >= 15 is 0 Å². The van der Waals surface area contributed by atoms with E-state index in [1.165, 1.54) is 19.2 Å². The molecular weight excluding hydrogens is 260 g/mol. The SMILES string of the molecule is COc1cc(C(O)C(=O)O)ccc1CC(=O)CCl. The Balaban J connectivity index is 3.03. The second kappa shape index (κ2) is 6.37. The number of Topliss-reactive ketones (excluding diaryl/α,β-unsaturated/α-hetero) is 1. The molecule has 0 aliphatic carbocycles. The molecule has 6 heteroatoms. The highest BCUT2D eigenvalue weighted by atomic mass is 35.5. The highest BCUT2D eigenvalue weighted by Crippen LogP contribution is 2.24. The van der Waals surface area contributed by atoms with Crippen molar-refractivity contribution < 1.29 is 24.5 Å². The summed E-state index contributed by atoms with van der Waals surface area (Å²) in [6, 6.07) is 4.39. The van der Waals surface area contributed by atoms with Gasteiger partial charge in [-0.05, 0) is 11.6 Å². The molecule has 0 aliphatic heterocycles. The second-order valence-electron chi connectivity index (χ2n) is 3.66. The van der Waals surface area contributed by atoms with Crippen LogP contribution in [0.1, 0.15) is 17.2 Å². The van der Waals surface area contributed by atoms with E-state index in [9.17, 15) is 14.7 Å². The van der Waals surface area contributed by atoms with Crippen LogP contribution in [0.15, 0.2) is 18.2 Å². The minimum atomic E-state index is -1.61. The van der Waals surface area contributed by atoms with E-state index in [1.54, 1.807) is 6.07 Å². The number of hydrogen-bond acceptors (Lipinski definition) is 4. The quantitative estimate of drug-likeness (QED) is 0.759. The molecule has 0 saturated heterocycles. The summed E-state index contributed by atoms with van der Waals surface area (Å²) in [6.45, 7) is 0. The van der Waals surface area contributed by atoms with Gasteiger partial charge in [-0.1, -0.05) is 12.1 Å². The molecule has 1 rings (SSSR count). The van der Waals surface area contributed by atoms with Gasteiger partial charge in [-0.2, -0.15) is 0 Å². The number of benzene rings is 1. The summed E-state index contributed by atoms with van der Waals surface area (Å²) in [6.07, 6.45) is -1.51. The molecule has 0 radical (unpaired) electrons. The fourth-order valence-electron chi connectivity index (χ4n) is 1.48. The zero-order valence-electron chi connectivity index (χ0n) is 9.72. The Morgan fingerprint density at radius 3 is 2.61 bits per heavy atom. The molecule has 0 fully saturated rings. The van der Waals surface area contributed by atoms with Gasteiger partial charge in [-0.25, -0.2) is 4.79 Å². The van der Waals surface area contributed by atoms with E-state index in [4.69, 9.17) is 21.4 Å². The molecule has 0 bridgehead atoms. The molecule has 0 saturated carbocycles. The average molecular weight is 273 g/mol. The van der Waals surface area contributed by atoms with Crippen LogP contribution in [0.2, 0.25) is 0 Å². The number of hydrogen-bond donors (Lipinski definition) is 2. The summed E-state index contributed by atoms with van der Waals surface area (Å²) in [4.78, 5) is 21.9. The fraction of sp³-hybridized carbons (Fsp3) is 0.333. The Labute approximate surface area is 109 Å². The maximum Gasteiger partial charge on any atom is 0.337 e. The number of ether oxygens (including phenoxy) is 1. The van der Waals surface area contributed by atoms with Gasteiger partial charge in [0.1, 0.15) is 5.75 Å². The maximum atomic E-state index is 11.2. The molecule has 0 amide bonds. The monoisotopic (exact) mass is 272 g/mol. The first-order valence-electron chi connectivity index (χ1n) is 5.15. The number of aliphatic hydroxyl groups is 1. The molecule has 98 valence electrons. The lowest BCUT2D eigenvalue weighted by Crippen LogP contribution is -2.11. The minimum absolute atomic E-state index is 0.0946. The average Bonchev–Trinajstić information content (AvgIpc) is 2.37. The molecule has 5 nitrogen and oxygen atoms in total. The molecule has 2 N–H and O–H groups in total. The molecule has 1 aromatic carbocycles. The van der Waals surface area contributed by atoms with E-state index in [0.717, 1.165) is 0 Å². The van der Waals surface area contributed by atoms with Gasteiger partial charge in [0.05, 0.1) is 13.0 Å². The molecule has 1 aromatic rings. The van der Waals surface area contributed by atoms with Crippen molar-refractivity contribution in [2.45, 2.75) is 12.5 Å². The van der Waals surface area contributed by atoms with Gasteiger partial charge < -0.3 is 14.9 Å². The van der Waals surface area contributed by atoms with Crippen molar-refractivity contribution in [3.05, 3.63) is 29.3 Å². The molecule has 0 aliphatic rings. The largest absolute Gasteiger partial charge is 0.496 e. The Morgan fingerprint density at radius 1 is 1.44 bits per heavy atom. The summed E-state index contributed by atoms with van der Waals surface area (Å²) in [5.74, 6) is -1.25. The Kier molecular flexibility index (Phi) is 5.12. The van der Waals surface area contributed by atoms with Crippen molar-refractivity contribution >= 4 is 23.4 Å². The van der Waals surface area contributed by atoms with Gasteiger partial charge in [0.25, 0.3) is 0 Å². The van der Waals surface area contributed by atoms with Crippen molar-refractivity contribution in [2.75, 3.05) is 13.0 Å². The zero-order valence-corrected chi connectivity index (χ0v) is 10.5. The van der Waals surface area contributed by atoms with E-state index < -0.39 is 12.1 Å². The standard InChI is InChI=1S/C12H13ClO5/c1-18-10-5-8(11(15)12(16)17)3-2-7(10)4-9(14)6-13/h2-3,5,11,15H,4,6H2,1H3,(H,16,17). The van der Waals surface area contributed by atoms with Crippen LogP contribution in [-0.2, 0) is 16.0 Å². The first-order chi connectivity index (χ1) is 8.49. The second-order valence-corrected chi connectivity index (χ2v) is 3.93. The normalized spacial score (nSPS) is 11.9. The third-order valence-electron chi connectivity index (χ3n) is 2.40.